The Kier molecular flexibility index (Phi) is 4.67. The van der Waals surface area contributed by atoms with Crippen molar-refractivity contribution in [2.24, 2.45) is 0 Å². The van der Waals surface area contributed by atoms with Gasteiger partial charge in [-0.3, -0.25) is 15.0 Å². The molecular formula is C18H14BrN3O3. The quantitative estimate of drug-likeness (QED) is 0.663. The first-order chi connectivity index (χ1) is 11.9. The fourth-order valence-electron chi connectivity index (χ4n) is 2.31. The summed E-state index contributed by atoms with van der Waals surface area (Å²) in [4.78, 5) is 29.0. The molecule has 7 heteroatoms. The number of phenolic OH excluding ortho intramolecular Hbond substituents is 1. The maximum absolute atomic E-state index is 12.6. The van der Waals surface area contributed by atoms with Crippen LogP contribution in [0.25, 0.3) is 17.0 Å². The van der Waals surface area contributed by atoms with E-state index in [-0.39, 0.29) is 11.3 Å². The van der Waals surface area contributed by atoms with Crippen LogP contribution in [0, 0.1) is 6.92 Å². The van der Waals surface area contributed by atoms with Gasteiger partial charge in [0.05, 0.1) is 10.9 Å². The van der Waals surface area contributed by atoms with Crippen LogP contribution in [0.3, 0.4) is 0 Å². The number of nitrogens with one attached hydrogen (secondary N) is 1. The van der Waals surface area contributed by atoms with Crippen molar-refractivity contribution < 1.29 is 9.90 Å². The molecule has 0 atom stereocenters. The first-order valence-electron chi connectivity index (χ1n) is 7.41. The van der Waals surface area contributed by atoms with Gasteiger partial charge in [-0.2, -0.15) is 0 Å². The number of fused-ring (bicyclic) bond motifs is 1. The number of halogens is 1. The molecule has 0 fully saturated rings. The number of amides is 1. The normalized spacial score (nSPS) is 11.1. The third-order valence-electron chi connectivity index (χ3n) is 3.54. The van der Waals surface area contributed by atoms with Gasteiger partial charge in [0.2, 0.25) is 0 Å². The molecule has 0 radical (unpaired) electrons. The first kappa shape index (κ1) is 16.9. The summed E-state index contributed by atoms with van der Waals surface area (Å²) in [5.74, 6) is 0.0674. The number of hydrogen-bond donors (Lipinski definition) is 2. The van der Waals surface area contributed by atoms with Crippen molar-refractivity contribution in [3.8, 4) is 5.75 Å². The SMILES string of the molecule is Cc1nc2ccc(Br)cc2c(=O)n1NC(=O)/C=C/c1ccc(O)cc1. The number of nitrogens with zero attached hydrogens (tertiary/aromatic N) is 2. The van der Waals surface area contributed by atoms with Crippen LogP contribution in [0.4, 0.5) is 0 Å². The highest BCUT2D eigenvalue weighted by Crippen LogP contribution is 2.15. The standard InChI is InChI=1S/C18H14BrN3O3/c1-11-20-16-8-5-13(19)10-15(16)18(25)22(11)21-17(24)9-4-12-2-6-14(23)7-3-12/h2-10,23H,1H3,(H,21,24)/b9-4+. The van der Waals surface area contributed by atoms with Gasteiger partial charge in [-0.1, -0.05) is 28.1 Å². The molecule has 0 unspecified atom stereocenters. The van der Waals surface area contributed by atoms with Crippen molar-refractivity contribution in [2.75, 3.05) is 5.43 Å². The van der Waals surface area contributed by atoms with E-state index in [1.807, 2.05) is 0 Å². The van der Waals surface area contributed by atoms with E-state index in [0.29, 0.717) is 16.7 Å². The fraction of sp³-hybridized carbons (Fsp3) is 0.0556. The number of rotatable bonds is 3. The Morgan fingerprint density at radius 3 is 2.68 bits per heavy atom. The molecule has 0 saturated carbocycles. The second-order valence-electron chi connectivity index (χ2n) is 5.36. The minimum Gasteiger partial charge on any atom is -0.508 e. The Morgan fingerprint density at radius 1 is 1.24 bits per heavy atom. The van der Waals surface area contributed by atoms with Gasteiger partial charge in [0.15, 0.2) is 0 Å². The first-order valence-corrected chi connectivity index (χ1v) is 8.20. The molecule has 1 amide bonds. The number of aryl methyl sites for hydroxylation is 1. The van der Waals surface area contributed by atoms with Crippen LogP contribution in [0.5, 0.6) is 5.75 Å². The summed E-state index contributed by atoms with van der Waals surface area (Å²) in [6.07, 6.45) is 2.89. The number of carbonyl (C=O) groups is 1. The molecule has 3 aromatic rings. The van der Waals surface area contributed by atoms with E-state index in [0.717, 1.165) is 14.7 Å². The van der Waals surface area contributed by atoms with Crippen LogP contribution in [0.15, 0.2) is 57.8 Å². The van der Waals surface area contributed by atoms with Crippen molar-refractivity contribution in [1.29, 1.82) is 0 Å². The van der Waals surface area contributed by atoms with Gasteiger partial charge in [-0.05, 0) is 48.9 Å². The van der Waals surface area contributed by atoms with Gasteiger partial charge < -0.3 is 5.11 Å². The minimum atomic E-state index is -0.463. The maximum Gasteiger partial charge on any atom is 0.280 e. The summed E-state index contributed by atoms with van der Waals surface area (Å²) in [5, 5.41) is 9.65. The Labute approximate surface area is 151 Å². The van der Waals surface area contributed by atoms with Gasteiger partial charge in [-0.25, -0.2) is 9.66 Å². The average Bonchev–Trinajstić information content (AvgIpc) is 2.59. The molecule has 6 nitrogen and oxygen atoms in total. The third-order valence-corrected chi connectivity index (χ3v) is 4.03. The van der Waals surface area contributed by atoms with Gasteiger partial charge in [0.1, 0.15) is 11.6 Å². The zero-order chi connectivity index (χ0) is 18.0. The second-order valence-corrected chi connectivity index (χ2v) is 6.28. The Balaban J connectivity index is 1.88. The summed E-state index contributed by atoms with van der Waals surface area (Å²) in [5.41, 5.74) is 3.48. The van der Waals surface area contributed by atoms with Crippen LogP contribution in [-0.4, -0.2) is 20.7 Å². The number of aromatic hydroxyl groups is 1. The van der Waals surface area contributed by atoms with Gasteiger partial charge in [0.25, 0.3) is 11.5 Å². The lowest BCUT2D eigenvalue weighted by atomic mass is 10.2. The largest absolute Gasteiger partial charge is 0.508 e. The monoisotopic (exact) mass is 399 g/mol. The van der Waals surface area contributed by atoms with Crippen LogP contribution in [-0.2, 0) is 4.79 Å². The lowest BCUT2D eigenvalue weighted by molar-refractivity contribution is -0.112. The second kappa shape index (κ2) is 6.90. The molecule has 0 spiro atoms. The minimum absolute atomic E-state index is 0.150. The molecule has 25 heavy (non-hydrogen) atoms. The molecular weight excluding hydrogens is 386 g/mol. The third kappa shape index (κ3) is 3.77. The van der Waals surface area contributed by atoms with Crippen LogP contribution in [0.2, 0.25) is 0 Å². The Morgan fingerprint density at radius 2 is 1.96 bits per heavy atom. The number of carbonyl (C=O) groups excluding carboxylic acids is 1. The van der Waals surface area contributed by atoms with E-state index in [2.05, 4.69) is 26.3 Å². The molecule has 0 aliphatic carbocycles. The van der Waals surface area contributed by atoms with Crippen LogP contribution in [0.1, 0.15) is 11.4 Å². The average molecular weight is 400 g/mol. The van der Waals surface area contributed by atoms with Crippen molar-refractivity contribution >= 4 is 38.8 Å². The van der Waals surface area contributed by atoms with Crippen molar-refractivity contribution in [2.45, 2.75) is 6.92 Å². The summed E-state index contributed by atoms with van der Waals surface area (Å²) in [6, 6.07) is 11.6. The number of phenols is 1. The van der Waals surface area contributed by atoms with Gasteiger partial charge in [0, 0.05) is 10.5 Å². The van der Waals surface area contributed by atoms with Gasteiger partial charge in [-0.15, -0.1) is 0 Å². The lowest BCUT2D eigenvalue weighted by Gasteiger charge is -2.10. The smallest absolute Gasteiger partial charge is 0.280 e. The van der Waals surface area contributed by atoms with Gasteiger partial charge >= 0.3 is 0 Å². The molecule has 2 aromatic carbocycles. The number of aromatic nitrogens is 2. The molecule has 1 heterocycles. The highest BCUT2D eigenvalue weighted by atomic mass is 79.9. The summed E-state index contributed by atoms with van der Waals surface area (Å²) in [7, 11) is 0. The summed E-state index contributed by atoms with van der Waals surface area (Å²) in [6.45, 7) is 1.65. The molecule has 1 aromatic heterocycles. The summed E-state index contributed by atoms with van der Waals surface area (Å²) < 4.78 is 1.88. The summed E-state index contributed by atoms with van der Waals surface area (Å²) >= 11 is 3.32. The van der Waals surface area contributed by atoms with E-state index in [4.69, 9.17) is 0 Å². The highest BCUT2D eigenvalue weighted by Gasteiger charge is 2.10. The predicted octanol–water partition coefficient (Wildman–Crippen LogP) is 2.96. The van der Waals surface area contributed by atoms with E-state index < -0.39 is 5.91 Å². The Hall–Kier alpha value is -2.93. The molecule has 126 valence electrons. The fourth-order valence-corrected chi connectivity index (χ4v) is 2.67. The van der Waals surface area contributed by atoms with E-state index >= 15 is 0 Å². The van der Waals surface area contributed by atoms with E-state index in [1.54, 1.807) is 43.3 Å². The number of benzene rings is 2. The highest BCUT2D eigenvalue weighted by molar-refractivity contribution is 9.10. The molecule has 0 saturated heterocycles. The molecule has 0 aliphatic heterocycles. The van der Waals surface area contributed by atoms with Crippen LogP contribution < -0.4 is 11.0 Å². The Bertz CT molecular complexity index is 1040. The topological polar surface area (TPSA) is 84.2 Å². The lowest BCUT2D eigenvalue weighted by Crippen LogP contribution is -2.34. The van der Waals surface area contributed by atoms with Crippen molar-refractivity contribution in [1.82, 2.24) is 9.66 Å². The van der Waals surface area contributed by atoms with Crippen molar-refractivity contribution in [3.63, 3.8) is 0 Å². The van der Waals surface area contributed by atoms with E-state index in [9.17, 15) is 14.7 Å². The van der Waals surface area contributed by atoms with E-state index in [1.165, 1.54) is 18.2 Å². The molecule has 2 N–H and O–H groups in total. The number of hydrogen-bond acceptors (Lipinski definition) is 4. The zero-order valence-electron chi connectivity index (χ0n) is 13.2. The van der Waals surface area contributed by atoms with Crippen LogP contribution >= 0.6 is 15.9 Å². The zero-order valence-corrected chi connectivity index (χ0v) is 14.8. The van der Waals surface area contributed by atoms with Crippen molar-refractivity contribution in [3.05, 3.63) is 74.8 Å². The molecule has 0 bridgehead atoms. The molecule has 3 rings (SSSR count). The predicted molar refractivity (Wildman–Crippen MR) is 99.9 cm³/mol. The maximum atomic E-state index is 12.6. The molecule has 0 aliphatic rings.